The molecule has 0 bridgehead atoms. The predicted octanol–water partition coefficient (Wildman–Crippen LogP) is 5.03. The SMILES string of the molecule is CC(C)(C)[Si](C)(C)OC1=C[C@H]([Si](C)(C)c2ccccc2)[C@@](C)(O)C1. The maximum Gasteiger partial charge on any atom is 0.250 e. The van der Waals surface area contributed by atoms with Crippen molar-refractivity contribution < 1.29 is 9.53 Å². The minimum absolute atomic E-state index is 0.171. The summed E-state index contributed by atoms with van der Waals surface area (Å²) in [5.74, 6) is 1.01. The van der Waals surface area contributed by atoms with Crippen LogP contribution in [0.3, 0.4) is 0 Å². The van der Waals surface area contributed by atoms with E-state index in [1.54, 1.807) is 0 Å². The van der Waals surface area contributed by atoms with Gasteiger partial charge in [0, 0.05) is 12.0 Å². The summed E-state index contributed by atoms with van der Waals surface area (Å²) in [4.78, 5) is 0. The Hall–Kier alpha value is -0.846. The van der Waals surface area contributed by atoms with Crippen molar-refractivity contribution in [1.29, 1.82) is 0 Å². The van der Waals surface area contributed by atoms with Gasteiger partial charge in [-0.15, -0.1) is 0 Å². The smallest absolute Gasteiger partial charge is 0.250 e. The molecule has 24 heavy (non-hydrogen) atoms. The summed E-state index contributed by atoms with van der Waals surface area (Å²) in [5, 5.41) is 12.7. The summed E-state index contributed by atoms with van der Waals surface area (Å²) >= 11 is 0. The molecule has 2 rings (SSSR count). The average molecular weight is 363 g/mol. The first-order valence-corrected chi connectivity index (χ1v) is 14.9. The second kappa shape index (κ2) is 6.15. The van der Waals surface area contributed by atoms with E-state index in [-0.39, 0.29) is 10.6 Å². The van der Waals surface area contributed by atoms with E-state index in [4.69, 9.17) is 4.43 Å². The van der Waals surface area contributed by atoms with Crippen molar-refractivity contribution in [2.45, 2.75) is 76.5 Å². The van der Waals surface area contributed by atoms with E-state index in [2.05, 4.69) is 83.4 Å². The van der Waals surface area contributed by atoms with E-state index in [9.17, 15) is 5.11 Å². The highest BCUT2D eigenvalue weighted by atomic mass is 28.4. The molecular weight excluding hydrogens is 328 g/mol. The van der Waals surface area contributed by atoms with Gasteiger partial charge < -0.3 is 9.53 Å². The van der Waals surface area contributed by atoms with E-state index >= 15 is 0 Å². The summed E-state index contributed by atoms with van der Waals surface area (Å²) in [6.07, 6.45) is 2.88. The van der Waals surface area contributed by atoms with Crippen LogP contribution in [-0.2, 0) is 4.43 Å². The third-order valence-electron chi connectivity index (χ3n) is 6.04. The largest absolute Gasteiger partial charge is 0.547 e. The number of rotatable bonds is 4. The lowest BCUT2D eigenvalue weighted by Gasteiger charge is -2.38. The van der Waals surface area contributed by atoms with Gasteiger partial charge in [0.25, 0.3) is 0 Å². The lowest BCUT2D eigenvalue weighted by atomic mass is 10.0. The molecule has 134 valence electrons. The molecule has 2 atom stereocenters. The Labute approximate surface area is 150 Å². The van der Waals surface area contributed by atoms with Gasteiger partial charge in [-0.3, -0.25) is 0 Å². The molecule has 0 unspecified atom stereocenters. The van der Waals surface area contributed by atoms with E-state index < -0.39 is 22.0 Å². The van der Waals surface area contributed by atoms with Gasteiger partial charge in [-0.1, -0.05) is 69.4 Å². The molecule has 0 heterocycles. The lowest BCUT2D eigenvalue weighted by Crippen LogP contribution is -2.51. The Morgan fingerprint density at radius 1 is 1.08 bits per heavy atom. The van der Waals surface area contributed by atoms with E-state index in [1.165, 1.54) is 5.19 Å². The van der Waals surface area contributed by atoms with Crippen LogP contribution in [-0.4, -0.2) is 27.1 Å². The van der Waals surface area contributed by atoms with Crippen molar-refractivity contribution in [2.24, 2.45) is 0 Å². The zero-order valence-electron chi connectivity index (χ0n) is 16.6. The van der Waals surface area contributed by atoms with Crippen molar-refractivity contribution in [2.75, 3.05) is 0 Å². The molecule has 1 aliphatic rings. The van der Waals surface area contributed by atoms with Crippen LogP contribution in [0.1, 0.15) is 34.1 Å². The Kier molecular flexibility index (Phi) is 4.99. The number of hydrogen-bond acceptors (Lipinski definition) is 2. The molecule has 0 saturated heterocycles. The molecule has 2 nitrogen and oxygen atoms in total. The molecule has 0 radical (unpaired) electrons. The molecule has 0 saturated carbocycles. The normalized spacial score (nSPS) is 25.5. The van der Waals surface area contributed by atoms with Gasteiger partial charge in [-0.05, 0) is 31.1 Å². The van der Waals surface area contributed by atoms with Gasteiger partial charge in [0.1, 0.15) is 0 Å². The molecule has 1 N–H and O–H groups in total. The van der Waals surface area contributed by atoms with Crippen molar-refractivity contribution >= 4 is 21.6 Å². The van der Waals surface area contributed by atoms with Gasteiger partial charge in [0.15, 0.2) is 0 Å². The van der Waals surface area contributed by atoms with Gasteiger partial charge in [-0.2, -0.15) is 0 Å². The fourth-order valence-corrected chi connectivity index (χ4v) is 8.24. The van der Waals surface area contributed by atoms with Crippen LogP contribution in [0.25, 0.3) is 0 Å². The van der Waals surface area contributed by atoms with Crippen molar-refractivity contribution in [3.8, 4) is 0 Å². The molecule has 1 aliphatic carbocycles. The van der Waals surface area contributed by atoms with Crippen LogP contribution in [0.2, 0.25) is 36.8 Å². The van der Waals surface area contributed by atoms with Gasteiger partial charge in [-0.25, -0.2) is 0 Å². The number of benzene rings is 1. The van der Waals surface area contributed by atoms with Crippen molar-refractivity contribution in [1.82, 2.24) is 0 Å². The maximum atomic E-state index is 11.1. The number of hydrogen-bond donors (Lipinski definition) is 1. The summed E-state index contributed by atoms with van der Waals surface area (Å²) in [6, 6.07) is 10.7. The minimum atomic E-state index is -1.86. The number of aliphatic hydroxyl groups is 1. The molecule has 4 heteroatoms. The van der Waals surface area contributed by atoms with Gasteiger partial charge in [0.05, 0.1) is 19.4 Å². The third kappa shape index (κ3) is 3.71. The summed E-state index contributed by atoms with van der Waals surface area (Å²) in [7, 11) is -3.70. The van der Waals surface area contributed by atoms with Gasteiger partial charge >= 0.3 is 0 Å². The van der Waals surface area contributed by atoms with Crippen LogP contribution >= 0.6 is 0 Å². The lowest BCUT2D eigenvalue weighted by molar-refractivity contribution is 0.0650. The fraction of sp³-hybridized carbons (Fsp3) is 0.600. The quantitative estimate of drug-likeness (QED) is 0.761. The van der Waals surface area contributed by atoms with Crippen LogP contribution < -0.4 is 5.19 Å². The third-order valence-corrected chi connectivity index (χ3v) is 14.6. The zero-order chi connectivity index (χ0) is 18.4. The first kappa shape index (κ1) is 19.5. The standard InChI is InChI=1S/C20H34O2Si2/c1-19(2,3)24(7,8)22-16-14-18(20(4,21)15-16)23(5,6)17-12-10-9-11-13-17/h9-14,18,21H,15H2,1-8H3/t18-,20-/m0/s1. The van der Waals surface area contributed by atoms with Crippen LogP contribution in [0, 0.1) is 0 Å². The highest BCUT2D eigenvalue weighted by Gasteiger charge is 2.49. The molecule has 0 aromatic heterocycles. The zero-order valence-corrected chi connectivity index (χ0v) is 18.6. The van der Waals surface area contributed by atoms with Crippen LogP contribution in [0.15, 0.2) is 42.2 Å². The Morgan fingerprint density at radius 3 is 2.12 bits per heavy atom. The molecule has 0 fully saturated rings. The summed E-state index contributed by atoms with van der Waals surface area (Å²) in [6.45, 7) is 18.0. The molecule has 0 amide bonds. The highest BCUT2D eigenvalue weighted by molar-refractivity contribution is 6.91. The minimum Gasteiger partial charge on any atom is -0.547 e. The second-order valence-electron chi connectivity index (χ2n) is 9.59. The topological polar surface area (TPSA) is 29.5 Å². The molecule has 1 aromatic carbocycles. The monoisotopic (exact) mass is 362 g/mol. The Balaban J connectivity index is 2.32. The fourth-order valence-electron chi connectivity index (χ4n) is 3.47. The van der Waals surface area contributed by atoms with E-state index in [0.29, 0.717) is 6.42 Å². The maximum absolute atomic E-state index is 11.1. The second-order valence-corrected chi connectivity index (χ2v) is 19.0. The van der Waals surface area contributed by atoms with E-state index in [0.717, 1.165) is 5.76 Å². The van der Waals surface area contributed by atoms with E-state index in [1.807, 2.05) is 6.92 Å². The van der Waals surface area contributed by atoms with Gasteiger partial charge in [0.2, 0.25) is 8.32 Å². The molecule has 0 aliphatic heterocycles. The molecule has 1 aromatic rings. The molecular formula is C20H34O2Si2. The molecule has 0 spiro atoms. The predicted molar refractivity (Wildman–Crippen MR) is 109 cm³/mol. The summed E-state index contributed by atoms with van der Waals surface area (Å²) in [5.41, 5.74) is -0.546. The Bertz CT molecular complexity index is 610. The first-order valence-electron chi connectivity index (χ1n) is 8.95. The van der Waals surface area contributed by atoms with Crippen molar-refractivity contribution in [3.63, 3.8) is 0 Å². The average Bonchev–Trinajstić information content (AvgIpc) is 2.73. The highest BCUT2D eigenvalue weighted by Crippen LogP contribution is 2.47. The van der Waals surface area contributed by atoms with Crippen molar-refractivity contribution in [3.05, 3.63) is 42.2 Å². The van der Waals surface area contributed by atoms with Crippen LogP contribution in [0.4, 0.5) is 0 Å². The Morgan fingerprint density at radius 2 is 1.62 bits per heavy atom. The summed E-state index contributed by atoms with van der Waals surface area (Å²) < 4.78 is 6.52. The first-order chi connectivity index (χ1) is 10.8. The van der Waals surface area contributed by atoms with Crippen LogP contribution in [0.5, 0.6) is 0 Å².